The molecule has 1 saturated heterocycles. The minimum Gasteiger partial charge on any atom is -0.481 e. The van der Waals surface area contributed by atoms with Crippen molar-refractivity contribution in [1.29, 1.82) is 0 Å². The van der Waals surface area contributed by atoms with Gasteiger partial charge in [0.15, 0.2) is 12.1 Å². The summed E-state index contributed by atoms with van der Waals surface area (Å²) in [6.45, 7) is 5.63. The number of esters is 1. The Balaban J connectivity index is 0.00000946. The van der Waals surface area contributed by atoms with E-state index in [2.05, 4.69) is 0 Å². The zero-order chi connectivity index (χ0) is 46.5. The Bertz CT molecular complexity index is 1440. The van der Waals surface area contributed by atoms with Crippen LogP contribution in [0.5, 0.6) is 0 Å². The number of aliphatic hydroxyl groups is 9. The van der Waals surface area contributed by atoms with Gasteiger partial charge in [-0.05, 0) is 58.3 Å². The van der Waals surface area contributed by atoms with Gasteiger partial charge in [0, 0.05) is 32.1 Å². The third-order valence-corrected chi connectivity index (χ3v) is 10.3. The Morgan fingerprint density at radius 1 is 0.726 bits per heavy atom. The number of carboxylic acid groups (broad SMARTS) is 1. The molecule has 354 valence electrons. The van der Waals surface area contributed by atoms with Crippen LogP contribution in [0.3, 0.4) is 0 Å². The predicted molar refractivity (Wildman–Crippen MR) is 234 cm³/mol. The first kappa shape index (κ1) is 56.7. The molecule has 0 aromatic rings. The summed E-state index contributed by atoms with van der Waals surface area (Å²) >= 11 is 0. The lowest BCUT2D eigenvalue weighted by Crippen LogP contribution is -2.61. The molecule has 2 aliphatic heterocycles. The van der Waals surface area contributed by atoms with E-state index in [1.165, 1.54) is 0 Å². The molecule has 12 N–H and O–H groups in total. The van der Waals surface area contributed by atoms with E-state index in [0.29, 0.717) is 12.8 Å². The van der Waals surface area contributed by atoms with E-state index in [0.717, 1.165) is 0 Å². The molecular weight excluding hydrogens is 806 g/mol. The van der Waals surface area contributed by atoms with Crippen LogP contribution < -0.4 is 5.73 Å². The quantitative estimate of drug-likeness (QED) is 0.144. The highest BCUT2D eigenvalue weighted by Crippen LogP contribution is 2.27. The van der Waals surface area contributed by atoms with E-state index < -0.39 is 110 Å². The third-order valence-electron chi connectivity index (χ3n) is 10.3. The number of aliphatic carboxylic acids is 1. The van der Waals surface area contributed by atoms with Crippen LogP contribution in [0.2, 0.25) is 0 Å². The molecule has 0 spiro atoms. The van der Waals surface area contributed by atoms with Gasteiger partial charge >= 0.3 is 11.9 Å². The predicted octanol–water partition coefficient (Wildman–Crippen LogP) is 2.90. The van der Waals surface area contributed by atoms with E-state index in [1.807, 2.05) is 50.3 Å². The lowest BCUT2D eigenvalue weighted by molar-refractivity contribution is -0.276. The topological polar surface area (TPSA) is 290 Å². The molecule has 16 nitrogen and oxygen atoms in total. The SMILES string of the molecule is CC.CC1OC(O[C@H]2/C=C/C=C/C=C/C=C/C=C/C=C/C=C/C[C@@H](O)CCOC(=O)CCC[C@H](O)CC[C@@H](O)[C@H](O)C[C@H](O)CC(O)(O)CC[C@@H](C(=O)O)CC2)C(O)C(N)C1O. The number of cyclic esters (lactones) is 1. The molecule has 0 radical (unpaired) electrons. The van der Waals surface area contributed by atoms with Crippen molar-refractivity contribution in [3.05, 3.63) is 85.1 Å². The van der Waals surface area contributed by atoms with Crippen LogP contribution in [0.1, 0.15) is 104 Å². The van der Waals surface area contributed by atoms with Crippen molar-refractivity contribution in [3.63, 3.8) is 0 Å². The van der Waals surface area contributed by atoms with E-state index in [9.17, 15) is 60.7 Å². The highest BCUT2D eigenvalue weighted by atomic mass is 16.7. The number of hydrogen-bond acceptors (Lipinski definition) is 15. The zero-order valence-electron chi connectivity index (χ0n) is 36.5. The Labute approximate surface area is 366 Å². The molecular formula is C46H75NO15. The Hall–Kier alpha value is -3.36. The van der Waals surface area contributed by atoms with Crippen LogP contribution in [-0.2, 0) is 23.8 Å². The van der Waals surface area contributed by atoms with Gasteiger partial charge in [-0.25, -0.2) is 0 Å². The Morgan fingerprint density at radius 3 is 1.94 bits per heavy atom. The largest absolute Gasteiger partial charge is 0.481 e. The first-order valence-corrected chi connectivity index (χ1v) is 21.8. The second-order valence-corrected chi connectivity index (χ2v) is 15.6. The number of carbonyl (C=O) groups excluding carboxylic acids is 1. The number of allylic oxidation sites excluding steroid dienone is 12. The second-order valence-electron chi connectivity index (χ2n) is 15.6. The number of ether oxygens (including phenoxy) is 3. The molecule has 12 atom stereocenters. The molecule has 2 heterocycles. The summed E-state index contributed by atoms with van der Waals surface area (Å²) < 4.78 is 16.9. The van der Waals surface area contributed by atoms with Crippen molar-refractivity contribution in [2.45, 2.75) is 177 Å². The van der Waals surface area contributed by atoms with Gasteiger partial charge in [0.05, 0.1) is 67.4 Å². The van der Waals surface area contributed by atoms with Gasteiger partial charge in [-0.15, -0.1) is 0 Å². The molecule has 2 aliphatic rings. The van der Waals surface area contributed by atoms with Crippen molar-refractivity contribution < 1.29 is 74.9 Å². The minimum atomic E-state index is -2.51. The van der Waals surface area contributed by atoms with Crippen LogP contribution in [0.15, 0.2) is 85.1 Å². The van der Waals surface area contributed by atoms with Crippen LogP contribution >= 0.6 is 0 Å². The molecule has 0 aromatic heterocycles. The summed E-state index contributed by atoms with van der Waals surface area (Å²) in [6, 6.07) is -1.05. The smallest absolute Gasteiger partial charge is 0.306 e. The average molecular weight is 882 g/mol. The summed E-state index contributed by atoms with van der Waals surface area (Å²) in [4.78, 5) is 24.3. The minimum absolute atomic E-state index is 0.00734. The summed E-state index contributed by atoms with van der Waals surface area (Å²) in [7, 11) is 0. The molecule has 62 heavy (non-hydrogen) atoms. The Morgan fingerprint density at radius 2 is 1.32 bits per heavy atom. The molecule has 16 heteroatoms. The lowest BCUT2D eigenvalue weighted by atomic mass is 9.90. The van der Waals surface area contributed by atoms with Gasteiger partial charge in [-0.3, -0.25) is 9.59 Å². The Kier molecular flexibility index (Phi) is 29.5. The number of aliphatic hydroxyl groups excluding tert-OH is 7. The maximum atomic E-state index is 12.2. The normalized spacial score (nSPS) is 37.5. The fourth-order valence-electron chi connectivity index (χ4n) is 6.55. The molecule has 0 amide bonds. The van der Waals surface area contributed by atoms with Crippen molar-refractivity contribution in [2.75, 3.05) is 6.61 Å². The van der Waals surface area contributed by atoms with Gasteiger partial charge in [0.25, 0.3) is 0 Å². The van der Waals surface area contributed by atoms with Gasteiger partial charge in [0.2, 0.25) is 0 Å². The van der Waals surface area contributed by atoms with Crippen LogP contribution in [-0.4, -0.2) is 143 Å². The van der Waals surface area contributed by atoms with E-state index in [1.54, 1.807) is 55.5 Å². The second kappa shape index (κ2) is 32.3. The average Bonchev–Trinajstić information content (AvgIpc) is 3.22. The van der Waals surface area contributed by atoms with Crippen molar-refractivity contribution in [3.8, 4) is 0 Å². The summed E-state index contributed by atoms with van der Waals surface area (Å²) in [5.74, 6) is -5.25. The first-order valence-electron chi connectivity index (χ1n) is 21.8. The summed E-state index contributed by atoms with van der Waals surface area (Å²) in [5, 5.41) is 104. The zero-order valence-corrected chi connectivity index (χ0v) is 36.5. The van der Waals surface area contributed by atoms with Gasteiger partial charge < -0.3 is 71.0 Å². The maximum Gasteiger partial charge on any atom is 0.306 e. The van der Waals surface area contributed by atoms with E-state index >= 15 is 0 Å². The fraction of sp³-hybridized carbons (Fsp3) is 0.652. The highest BCUT2D eigenvalue weighted by Gasteiger charge is 2.42. The number of rotatable bonds is 3. The number of carbonyl (C=O) groups is 2. The summed E-state index contributed by atoms with van der Waals surface area (Å²) in [6.07, 6.45) is 13.5. The first-order chi connectivity index (χ1) is 29.5. The van der Waals surface area contributed by atoms with Crippen molar-refractivity contribution >= 4 is 11.9 Å². The van der Waals surface area contributed by atoms with E-state index in [4.69, 9.17) is 19.9 Å². The maximum absolute atomic E-state index is 12.2. The van der Waals surface area contributed by atoms with Crippen LogP contribution in [0.4, 0.5) is 0 Å². The highest BCUT2D eigenvalue weighted by molar-refractivity contribution is 5.70. The lowest BCUT2D eigenvalue weighted by Gasteiger charge is -2.40. The number of hydrogen-bond donors (Lipinski definition) is 11. The molecule has 2 rings (SSSR count). The van der Waals surface area contributed by atoms with Gasteiger partial charge in [-0.1, -0.05) is 98.9 Å². The molecule has 0 saturated carbocycles. The molecule has 0 aliphatic carbocycles. The van der Waals surface area contributed by atoms with Crippen LogP contribution in [0, 0.1) is 5.92 Å². The molecule has 0 bridgehead atoms. The third kappa shape index (κ3) is 25.1. The van der Waals surface area contributed by atoms with E-state index in [-0.39, 0.29) is 58.0 Å². The number of nitrogens with two attached hydrogens (primary N) is 1. The monoisotopic (exact) mass is 882 g/mol. The molecule has 5 unspecified atom stereocenters. The molecule has 1 fully saturated rings. The van der Waals surface area contributed by atoms with Gasteiger partial charge in [0.1, 0.15) is 6.10 Å². The van der Waals surface area contributed by atoms with Crippen LogP contribution in [0.25, 0.3) is 0 Å². The van der Waals surface area contributed by atoms with Gasteiger partial charge in [-0.2, -0.15) is 0 Å². The molecule has 0 aromatic carbocycles. The van der Waals surface area contributed by atoms with Crippen molar-refractivity contribution in [2.24, 2.45) is 11.7 Å². The fourth-order valence-corrected chi connectivity index (χ4v) is 6.55. The van der Waals surface area contributed by atoms with Crippen molar-refractivity contribution in [1.82, 2.24) is 0 Å². The number of carboxylic acids is 1. The standard InChI is InChI=1S/C44H69NO15.C2H6/c1-30-40(52)39(45)41(53)43(59-30)60-35-18-14-12-10-8-6-4-2-3-5-7-9-11-13-16-33(47)25-27-58-38(51)19-15-17-32(46)21-23-36(49)37(50)28-34(48)29-44(56,57)26-24-31(20-22-35)42(54)55;1-2/h2-14,18,30-37,39-41,43,46-50,52-53,56-57H,15-17,19-29,45H2,1H3,(H,54,55);1-2H3/b4-2+,5-3+,8-6+,9-7+,12-10+,13-11+,18-14+;/t30?,31-,32-,33+,34-,35-,36+,37+,39?,40?,41?,43?;/m0./s1. The summed E-state index contributed by atoms with van der Waals surface area (Å²) in [5.41, 5.74) is 5.98.